The lowest BCUT2D eigenvalue weighted by atomic mass is 10.0. The van der Waals surface area contributed by atoms with E-state index in [-0.39, 0.29) is 6.04 Å². The van der Waals surface area contributed by atoms with Crippen LogP contribution in [-0.4, -0.2) is 15.5 Å². The molecule has 0 amide bonds. The van der Waals surface area contributed by atoms with E-state index < -0.39 is 0 Å². The van der Waals surface area contributed by atoms with Gasteiger partial charge in [-0.3, -0.25) is 16.0 Å². The monoisotopic (exact) mass is 304 g/mol. The summed E-state index contributed by atoms with van der Waals surface area (Å²) in [5, 5.41) is 4.49. The van der Waals surface area contributed by atoms with Crippen LogP contribution in [0, 0.1) is 0 Å². The number of thioether (sulfide) groups is 1. The van der Waals surface area contributed by atoms with Crippen molar-refractivity contribution in [3.8, 4) is 0 Å². The normalized spacial score (nSPS) is 12.6. The molecule has 0 aliphatic rings. The molecule has 0 aliphatic carbocycles. The molecule has 4 nitrogen and oxygen atoms in total. The Morgan fingerprint density at radius 3 is 2.52 bits per heavy atom. The number of hydrogen-bond acceptors (Lipinski definition) is 4. The fourth-order valence-electron chi connectivity index (χ4n) is 2.38. The number of nitrogens with zero attached hydrogens (tertiary/aromatic N) is 2. The Labute approximate surface area is 131 Å². The third kappa shape index (κ3) is 4.09. The van der Waals surface area contributed by atoms with Gasteiger partial charge in [0.2, 0.25) is 0 Å². The molecule has 0 saturated carbocycles. The average Bonchev–Trinajstić information content (AvgIpc) is 2.86. The van der Waals surface area contributed by atoms with Crippen LogP contribution in [0.1, 0.15) is 36.8 Å². The highest BCUT2D eigenvalue weighted by molar-refractivity contribution is 7.99. The van der Waals surface area contributed by atoms with Crippen molar-refractivity contribution in [3.05, 3.63) is 47.3 Å². The standard InChI is InChI=1S/C16H24N4S/c1-4-13-10-14(20(3)19-13)11-16(18-17)12-6-8-15(9-7-12)21-5-2/h6-10,16,18H,4-5,11,17H2,1-3H3. The van der Waals surface area contributed by atoms with Gasteiger partial charge in [0, 0.05) is 24.1 Å². The van der Waals surface area contributed by atoms with E-state index in [0.717, 1.165) is 24.3 Å². The summed E-state index contributed by atoms with van der Waals surface area (Å²) >= 11 is 1.85. The van der Waals surface area contributed by atoms with Crippen LogP contribution in [0.3, 0.4) is 0 Å². The molecule has 2 aromatic rings. The Kier molecular flexibility index (Phi) is 5.85. The van der Waals surface area contributed by atoms with E-state index in [9.17, 15) is 0 Å². The number of rotatable bonds is 7. The second-order valence-electron chi connectivity index (χ2n) is 5.03. The van der Waals surface area contributed by atoms with Gasteiger partial charge in [-0.2, -0.15) is 5.10 Å². The number of hydrogen-bond donors (Lipinski definition) is 2. The average molecular weight is 304 g/mol. The molecule has 2 rings (SSSR count). The fourth-order valence-corrected chi connectivity index (χ4v) is 3.04. The van der Waals surface area contributed by atoms with Crippen LogP contribution in [-0.2, 0) is 19.9 Å². The molecular formula is C16H24N4S. The van der Waals surface area contributed by atoms with Crippen molar-refractivity contribution in [1.29, 1.82) is 0 Å². The zero-order valence-corrected chi connectivity index (χ0v) is 13.8. The van der Waals surface area contributed by atoms with Crippen LogP contribution in [0.5, 0.6) is 0 Å². The van der Waals surface area contributed by atoms with Crippen molar-refractivity contribution in [2.75, 3.05) is 5.75 Å². The van der Waals surface area contributed by atoms with E-state index in [1.54, 1.807) is 0 Å². The topological polar surface area (TPSA) is 55.9 Å². The molecule has 0 aliphatic heterocycles. The molecule has 1 heterocycles. The third-order valence-electron chi connectivity index (χ3n) is 3.60. The van der Waals surface area contributed by atoms with Gasteiger partial charge in [-0.15, -0.1) is 11.8 Å². The maximum atomic E-state index is 5.75. The summed E-state index contributed by atoms with van der Waals surface area (Å²) in [6, 6.07) is 10.9. The lowest BCUT2D eigenvalue weighted by Gasteiger charge is -2.16. The van der Waals surface area contributed by atoms with Gasteiger partial charge < -0.3 is 0 Å². The number of aryl methyl sites for hydroxylation is 2. The van der Waals surface area contributed by atoms with Crippen molar-refractivity contribution in [2.45, 2.75) is 37.6 Å². The van der Waals surface area contributed by atoms with Gasteiger partial charge in [0.15, 0.2) is 0 Å². The zero-order chi connectivity index (χ0) is 15.2. The number of nitrogens with two attached hydrogens (primary N) is 1. The maximum absolute atomic E-state index is 5.75. The molecular weight excluding hydrogens is 280 g/mol. The quantitative estimate of drug-likeness (QED) is 0.469. The van der Waals surface area contributed by atoms with E-state index in [0.29, 0.717) is 0 Å². The predicted octanol–water partition coefficient (Wildman–Crippen LogP) is 2.84. The van der Waals surface area contributed by atoms with E-state index in [1.165, 1.54) is 16.2 Å². The van der Waals surface area contributed by atoms with Crippen LogP contribution in [0.25, 0.3) is 0 Å². The van der Waals surface area contributed by atoms with Crippen LogP contribution >= 0.6 is 11.8 Å². The first-order valence-corrected chi connectivity index (χ1v) is 8.37. The molecule has 0 fully saturated rings. The second-order valence-corrected chi connectivity index (χ2v) is 6.37. The summed E-state index contributed by atoms with van der Waals surface area (Å²) in [5.74, 6) is 6.84. The van der Waals surface area contributed by atoms with Crippen LogP contribution in [0.4, 0.5) is 0 Å². The van der Waals surface area contributed by atoms with Gasteiger partial charge in [-0.1, -0.05) is 26.0 Å². The van der Waals surface area contributed by atoms with E-state index in [4.69, 9.17) is 5.84 Å². The predicted molar refractivity (Wildman–Crippen MR) is 89.2 cm³/mol. The first-order valence-electron chi connectivity index (χ1n) is 7.38. The molecule has 3 N–H and O–H groups in total. The molecule has 0 saturated heterocycles. The molecule has 21 heavy (non-hydrogen) atoms. The molecule has 5 heteroatoms. The molecule has 1 atom stereocenters. The lowest BCUT2D eigenvalue weighted by Crippen LogP contribution is -2.30. The Balaban J connectivity index is 2.13. The summed E-state index contributed by atoms with van der Waals surface area (Å²) in [7, 11) is 1.99. The van der Waals surface area contributed by atoms with Crippen LogP contribution in [0.2, 0.25) is 0 Å². The van der Waals surface area contributed by atoms with E-state index in [1.807, 2.05) is 23.5 Å². The minimum Gasteiger partial charge on any atom is -0.272 e. The highest BCUT2D eigenvalue weighted by Gasteiger charge is 2.14. The van der Waals surface area contributed by atoms with Crippen molar-refractivity contribution in [1.82, 2.24) is 15.2 Å². The fraction of sp³-hybridized carbons (Fsp3) is 0.438. The Hall–Kier alpha value is -1.30. The maximum Gasteiger partial charge on any atom is 0.0624 e. The van der Waals surface area contributed by atoms with Gasteiger partial charge in [0.1, 0.15) is 0 Å². The van der Waals surface area contributed by atoms with Crippen molar-refractivity contribution in [2.24, 2.45) is 12.9 Å². The number of hydrazine groups is 1. The lowest BCUT2D eigenvalue weighted by molar-refractivity contribution is 0.529. The summed E-state index contributed by atoms with van der Waals surface area (Å²) in [5.41, 5.74) is 6.45. The van der Waals surface area contributed by atoms with Gasteiger partial charge in [-0.25, -0.2) is 0 Å². The van der Waals surface area contributed by atoms with Gasteiger partial charge in [0.25, 0.3) is 0 Å². The molecule has 0 bridgehead atoms. The first-order chi connectivity index (χ1) is 10.2. The molecule has 0 radical (unpaired) electrons. The van der Waals surface area contributed by atoms with E-state index >= 15 is 0 Å². The second kappa shape index (κ2) is 7.64. The van der Waals surface area contributed by atoms with Gasteiger partial charge in [0.05, 0.1) is 11.7 Å². The Bertz CT molecular complexity index is 562. The minimum atomic E-state index is 0.103. The molecule has 0 spiro atoms. The van der Waals surface area contributed by atoms with Crippen molar-refractivity contribution < 1.29 is 0 Å². The van der Waals surface area contributed by atoms with E-state index in [2.05, 4.69) is 54.7 Å². The number of nitrogens with one attached hydrogen (secondary N) is 1. The Morgan fingerprint density at radius 1 is 1.29 bits per heavy atom. The number of benzene rings is 1. The summed E-state index contributed by atoms with van der Waals surface area (Å²) < 4.78 is 1.95. The van der Waals surface area contributed by atoms with Crippen LogP contribution in [0.15, 0.2) is 35.2 Å². The number of aromatic nitrogens is 2. The summed E-state index contributed by atoms with van der Waals surface area (Å²) in [4.78, 5) is 1.30. The third-order valence-corrected chi connectivity index (χ3v) is 4.49. The molecule has 1 aromatic carbocycles. The first kappa shape index (κ1) is 16.1. The minimum absolute atomic E-state index is 0.103. The van der Waals surface area contributed by atoms with Crippen molar-refractivity contribution >= 4 is 11.8 Å². The summed E-state index contributed by atoms with van der Waals surface area (Å²) in [6.07, 6.45) is 1.79. The SMILES string of the molecule is CCSc1ccc(C(Cc2cc(CC)nn2C)NN)cc1. The smallest absolute Gasteiger partial charge is 0.0624 e. The summed E-state index contributed by atoms with van der Waals surface area (Å²) in [6.45, 7) is 4.28. The molecule has 1 unspecified atom stereocenters. The Morgan fingerprint density at radius 2 is 2.00 bits per heavy atom. The van der Waals surface area contributed by atoms with Gasteiger partial charge >= 0.3 is 0 Å². The van der Waals surface area contributed by atoms with Crippen LogP contribution < -0.4 is 11.3 Å². The zero-order valence-electron chi connectivity index (χ0n) is 13.0. The largest absolute Gasteiger partial charge is 0.272 e. The van der Waals surface area contributed by atoms with Crippen molar-refractivity contribution in [3.63, 3.8) is 0 Å². The highest BCUT2D eigenvalue weighted by Crippen LogP contribution is 2.23. The molecule has 114 valence electrons. The molecule has 1 aromatic heterocycles. The highest BCUT2D eigenvalue weighted by atomic mass is 32.2. The van der Waals surface area contributed by atoms with Gasteiger partial charge in [-0.05, 0) is 35.9 Å².